The minimum atomic E-state index is 0.0301. The van der Waals surface area contributed by atoms with Crippen LogP contribution in [0.2, 0.25) is 0 Å². The Bertz CT molecular complexity index is 356. The highest BCUT2D eigenvalue weighted by molar-refractivity contribution is 9.10. The molecule has 0 aliphatic rings. The second-order valence-corrected chi connectivity index (χ2v) is 5.63. The third-order valence-electron chi connectivity index (χ3n) is 2.01. The summed E-state index contributed by atoms with van der Waals surface area (Å²) in [5.74, 6) is 0.456. The second-order valence-electron chi connectivity index (χ2n) is 3.67. The molecule has 0 spiro atoms. The van der Waals surface area contributed by atoms with Crippen LogP contribution in [-0.4, -0.2) is 31.4 Å². The van der Waals surface area contributed by atoms with Crippen LogP contribution in [0.5, 0.6) is 0 Å². The molecular weight excluding hydrogens is 302 g/mol. The van der Waals surface area contributed by atoms with Crippen LogP contribution >= 0.6 is 27.7 Å². The van der Waals surface area contributed by atoms with E-state index >= 15 is 0 Å². The number of carbonyl (C=O) groups is 1. The maximum atomic E-state index is 11.6. The van der Waals surface area contributed by atoms with Crippen LogP contribution in [0.3, 0.4) is 0 Å². The summed E-state index contributed by atoms with van der Waals surface area (Å²) in [5, 5.41) is 2.87. The van der Waals surface area contributed by atoms with E-state index in [1.165, 1.54) is 11.8 Å². The first-order valence-electron chi connectivity index (χ1n) is 5.28. The van der Waals surface area contributed by atoms with Gasteiger partial charge in [0.05, 0.1) is 12.4 Å². The van der Waals surface area contributed by atoms with Crippen molar-refractivity contribution in [1.82, 2.24) is 5.32 Å². The molecule has 3 nitrogen and oxygen atoms in total. The average molecular weight is 318 g/mol. The van der Waals surface area contributed by atoms with Crippen molar-refractivity contribution in [2.75, 3.05) is 19.5 Å². The molecule has 94 valence electrons. The molecule has 1 aromatic rings. The van der Waals surface area contributed by atoms with Crippen LogP contribution in [0, 0.1) is 0 Å². The van der Waals surface area contributed by atoms with E-state index in [4.69, 9.17) is 4.74 Å². The average Bonchev–Trinajstić information content (AvgIpc) is 2.28. The summed E-state index contributed by atoms with van der Waals surface area (Å²) in [6.07, 6.45) is 0. The molecule has 0 unspecified atom stereocenters. The zero-order valence-electron chi connectivity index (χ0n) is 9.90. The molecule has 0 saturated carbocycles. The topological polar surface area (TPSA) is 38.3 Å². The van der Waals surface area contributed by atoms with Gasteiger partial charge in [-0.15, -0.1) is 11.8 Å². The summed E-state index contributed by atoms with van der Waals surface area (Å²) >= 11 is 4.90. The molecule has 0 aromatic heterocycles. The number of thioether (sulfide) groups is 1. The number of ether oxygens (including phenoxy) is 1. The van der Waals surface area contributed by atoms with Gasteiger partial charge in [0.1, 0.15) is 0 Å². The molecule has 0 heterocycles. The highest BCUT2D eigenvalue weighted by atomic mass is 79.9. The Labute approximate surface area is 114 Å². The molecule has 1 aromatic carbocycles. The van der Waals surface area contributed by atoms with Crippen LogP contribution in [-0.2, 0) is 9.53 Å². The number of halogens is 1. The number of rotatable bonds is 6. The molecule has 0 aliphatic heterocycles. The molecule has 0 radical (unpaired) electrons. The molecule has 0 saturated heterocycles. The molecule has 17 heavy (non-hydrogen) atoms. The molecule has 1 rings (SSSR count). The highest BCUT2D eigenvalue weighted by Gasteiger charge is 2.07. The Morgan fingerprint density at radius 3 is 2.71 bits per heavy atom. The van der Waals surface area contributed by atoms with Crippen LogP contribution in [0.25, 0.3) is 0 Å². The van der Waals surface area contributed by atoms with Crippen molar-refractivity contribution in [2.24, 2.45) is 0 Å². The lowest BCUT2D eigenvalue weighted by Crippen LogP contribution is -2.36. The maximum absolute atomic E-state index is 11.6. The molecule has 1 atom stereocenters. The fourth-order valence-electron chi connectivity index (χ4n) is 1.29. The minimum Gasteiger partial charge on any atom is -0.383 e. The van der Waals surface area contributed by atoms with E-state index in [9.17, 15) is 4.79 Å². The largest absolute Gasteiger partial charge is 0.383 e. The number of hydrogen-bond acceptors (Lipinski definition) is 3. The van der Waals surface area contributed by atoms with Gasteiger partial charge < -0.3 is 10.1 Å². The van der Waals surface area contributed by atoms with Crippen molar-refractivity contribution in [2.45, 2.75) is 17.9 Å². The zero-order chi connectivity index (χ0) is 12.7. The Kier molecular flexibility index (Phi) is 6.62. The van der Waals surface area contributed by atoms with Crippen LogP contribution in [0.1, 0.15) is 6.92 Å². The van der Waals surface area contributed by atoms with E-state index in [1.54, 1.807) is 7.11 Å². The van der Waals surface area contributed by atoms with Crippen molar-refractivity contribution in [3.8, 4) is 0 Å². The van der Waals surface area contributed by atoms with Crippen LogP contribution in [0.15, 0.2) is 33.6 Å². The van der Waals surface area contributed by atoms with Crippen molar-refractivity contribution in [3.63, 3.8) is 0 Å². The predicted octanol–water partition coefficient (Wildman–Crippen LogP) is 2.69. The van der Waals surface area contributed by atoms with Crippen molar-refractivity contribution in [3.05, 3.63) is 28.7 Å². The van der Waals surface area contributed by atoms with Gasteiger partial charge >= 0.3 is 0 Å². The first kappa shape index (κ1) is 14.5. The Hall–Kier alpha value is -0.520. The summed E-state index contributed by atoms with van der Waals surface area (Å²) in [5.41, 5.74) is 0. The fraction of sp³-hybridized carbons (Fsp3) is 0.417. The summed E-state index contributed by atoms with van der Waals surface area (Å²) < 4.78 is 6.00. The molecular formula is C12H16BrNO2S. The lowest BCUT2D eigenvalue weighted by molar-refractivity contribution is -0.119. The van der Waals surface area contributed by atoms with Gasteiger partial charge in [0.2, 0.25) is 5.91 Å². The molecule has 0 fully saturated rings. The van der Waals surface area contributed by atoms with Gasteiger partial charge in [0.15, 0.2) is 0 Å². The molecule has 0 bridgehead atoms. The third kappa shape index (κ3) is 6.10. The van der Waals surface area contributed by atoms with Crippen molar-refractivity contribution in [1.29, 1.82) is 0 Å². The quantitative estimate of drug-likeness (QED) is 0.820. The standard InChI is InChI=1S/C12H16BrNO2S/c1-9(7-16-2)14-12(15)8-17-11-5-3-10(13)4-6-11/h3-6,9H,7-8H2,1-2H3,(H,14,15)/t9-/m0/s1. The van der Waals surface area contributed by atoms with Gasteiger partial charge in [0.25, 0.3) is 0 Å². The smallest absolute Gasteiger partial charge is 0.230 e. The monoisotopic (exact) mass is 317 g/mol. The number of carbonyl (C=O) groups excluding carboxylic acids is 1. The molecule has 5 heteroatoms. The summed E-state index contributed by atoms with van der Waals surface area (Å²) in [6.45, 7) is 2.46. The molecule has 0 aliphatic carbocycles. The van der Waals surface area contributed by atoms with Crippen LogP contribution < -0.4 is 5.32 Å². The predicted molar refractivity (Wildman–Crippen MR) is 74.3 cm³/mol. The van der Waals surface area contributed by atoms with Gasteiger partial charge in [0, 0.05) is 22.5 Å². The minimum absolute atomic E-state index is 0.0301. The number of nitrogens with one attached hydrogen (secondary N) is 1. The van der Waals surface area contributed by atoms with Gasteiger partial charge in [-0.1, -0.05) is 15.9 Å². The molecule has 1 N–H and O–H groups in total. The number of benzene rings is 1. The van der Waals surface area contributed by atoms with E-state index < -0.39 is 0 Å². The van der Waals surface area contributed by atoms with Gasteiger partial charge in [-0.2, -0.15) is 0 Å². The van der Waals surface area contributed by atoms with Gasteiger partial charge in [-0.05, 0) is 31.2 Å². The van der Waals surface area contributed by atoms with Gasteiger partial charge in [-0.3, -0.25) is 4.79 Å². The lowest BCUT2D eigenvalue weighted by Gasteiger charge is -2.12. The van der Waals surface area contributed by atoms with E-state index in [0.717, 1.165) is 9.37 Å². The summed E-state index contributed by atoms with van der Waals surface area (Å²) in [7, 11) is 1.62. The Morgan fingerprint density at radius 1 is 1.47 bits per heavy atom. The summed E-state index contributed by atoms with van der Waals surface area (Å²) in [6, 6.07) is 7.96. The number of hydrogen-bond donors (Lipinski definition) is 1. The maximum Gasteiger partial charge on any atom is 0.230 e. The number of amides is 1. The highest BCUT2D eigenvalue weighted by Crippen LogP contribution is 2.20. The molecule has 1 amide bonds. The second kappa shape index (κ2) is 7.74. The van der Waals surface area contributed by atoms with Gasteiger partial charge in [-0.25, -0.2) is 0 Å². The summed E-state index contributed by atoms with van der Waals surface area (Å²) in [4.78, 5) is 12.7. The third-order valence-corrected chi connectivity index (χ3v) is 3.55. The van der Waals surface area contributed by atoms with E-state index in [1.807, 2.05) is 31.2 Å². The normalized spacial score (nSPS) is 12.2. The van der Waals surface area contributed by atoms with E-state index in [0.29, 0.717) is 12.4 Å². The van der Waals surface area contributed by atoms with Crippen molar-refractivity contribution < 1.29 is 9.53 Å². The first-order valence-corrected chi connectivity index (χ1v) is 7.06. The van der Waals surface area contributed by atoms with Crippen LogP contribution in [0.4, 0.5) is 0 Å². The Balaban J connectivity index is 2.30. The van der Waals surface area contributed by atoms with Crippen molar-refractivity contribution >= 4 is 33.6 Å². The Morgan fingerprint density at radius 2 is 2.12 bits per heavy atom. The zero-order valence-corrected chi connectivity index (χ0v) is 12.3. The first-order chi connectivity index (χ1) is 8.11. The van der Waals surface area contributed by atoms with E-state index in [2.05, 4.69) is 21.2 Å². The lowest BCUT2D eigenvalue weighted by atomic mass is 10.3. The fourth-order valence-corrected chi connectivity index (χ4v) is 2.26. The SMILES string of the molecule is COC[C@H](C)NC(=O)CSc1ccc(Br)cc1. The van der Waals surface area contributed by atoms with E-state index in [-0.39, 0.29) is 11.9 Å². The number of methoxy groups -OCH3 is 1.